The van der Waals surface area contributed by atoms with E-state index in [2.05, 4.69) is 4.98 Å². The molecule has 0 radical (unpaired) electrons. The van der Waals surface area contributed by atoms with Crippen molar-refractivity contribution < 1.29 is 27.8 Å². The van der Waals surface area contributed by atoms with Crippen molar-refractivity contribution in [1.82, 2.24) is 4.98 Å². The van der Waals surface area contributed by atoms with Crippen LogP contribution in [0, 0.1) is 0 Å². The van der Waals surface area contributed by atoms with Gasteiger partial charge in [0.25, 0.3) is 0 Å². The highest BCUT2D eigenvalue weighted by atomic mass is 19.4. The number of ether oxygens (including phenoxy) is 1. The zero-order valence-electron chi connectivity index (χ0n) is 13.1. The number of aliphatic carboxylic acids is 1. The fourth-order valence-electron chi connectivity index (χ4n) is 2.79. The molecule has 0 unspecified atom stereocenters. The quantitative estimate of drug-likeness (QED) is 0.729. The number of aromatic nitrogens is 1. The number of hydrogen-bond acceptors (Lipinski definition) is 2. The van der Waals surface area contributed by atoms with E-state index in [1.54, 1.807) is 18.2 Å². The number of nitrogens with one attached hydrogen (secondary N) is 1. The third-order valence-corrected chi connectivity index (χ3v) is 3.92. The molecule has 1 heterocycles. The van der Waals surface area contributed by atoms with Crippen LogP contribution in [0.5, 0.6) is 5.75 Å². The number of rotatable bonds is 4. The van der Waals surface area contributed by atoms with Gasteiger partial charge in [0.05, 0.1) is 24.8 Å². The lowest BCUT2D eigenvalue weighted by Gasteiger charge is -2.09. The Morgan fingerprint density at radius 2 is 1.96 bits per heavy atom. The number of carboxylic acid groups (broad SMARTS) is 1. The minimum absolute atomic E-state index is 0.279. The van der Waals surface area contributed by atoms with Gasteiger partial charge >= 0.3 is 12.1 Å². The predicted octanol–water partition coefficient (Wildman–Crippen LogP) is 4.49. The summed E-state index contributed by atoms with van der Waals surface area (Å²) < 4.78 is 44.1. The Balaban J connectivity index is 2.23. The van der Waals surface area contributed by atoms with Crippen LogP contribution in [-0.2, 0) is 17.4 Å². The average molecular weight is 349 g/mol. The van der Waals surface area contributed by atoms with E-state index >= 15 is 0 Å². The first-order valence-corrected chi connectivity index (χ1v) is 7.37. The molecular weight excluding hydrogens is 335 g/mol. The largest absolute Gasteiger partial charge is 0.497 e. The second-order valence-electron chi connectivity index (χ2n) is 5.54. The smallest absolute Gasteiger partial charge is 0.416 e. The Bertz CT molecular complexity index is 944. The highest BCUT2D eigenvalue weighted by molar-refractivity contribution is 5.94. The van der Waals surface area contributed by atoms with Crippen molar-refractivity contribution in [3.8, 4) is 17.0 Å². The summed E-state index contributed by atoms with van der Waals surface area (Å²) in [5.41, 5.74) is 0.894. The van der Waals surface area contributed by atoms with Gasteiger partial charge in [-0.25, -0.2) is 0 Å². The normalized spacial score (nSPS) is 11.7. The summed E-state index contributed by atoms with van der Waals surface area (Å²) in [6.45, 7) is 0. The van der Waals surface area contributed by atoms with Gasteiger partial charge in [0.1, 0.15) is 5.75 Å². The molecule has 0 spiro atoms. The highest BCUT2D eigenvalue weighted by Crippen LogP contribution is 2.36. The first-order valence-electron chi connectivity index (χ1n) is 7.37. The standard InChI is InChI=1S/C18H14F3NO3/c1-25-12-5-6-15-13(8-12)14(9-16(23)24)17(22-15)10-3-2-4-11(7-10)18(19,20)21/h2-8,22H,9H2,1H3,(H,23,24). The summed E-state index contributed by atoms with van der Waals surface area (Å²) in [7, 11) is 1.48. The van der Waals surface area contributed by atoms with Gasteiger partial charge in [0, 0.05) is 10.9 Å². The van der Waals surface area contributed by atoms with Crippen LogP contribution in [0.25, 0.3) is 22.2 Å². The third kappa shape index (κ3) is 3.31. The molecule has 130 valence electrons. The summed E-state index contributed by atoms with van der Waals surface area (Å²) in [5, 5.41) is 9.81. The van der Waals surface area contributed by atoms with Gasteiger partial charge in [0.15, 0.2) is 0 Å². The number of H-pyrrole nitrogens is 1. The van der Waals surface area contributed by atoms with Gasteiger partial charge in [-0.2, -0.15) is 13.2 Å². The number of methoxy groups -OCH3 is 1. The highest BCUT2D eigenvalue weighted by Gasteiger charge is 2.31. The number of carboxylic acids is 1. The van der Waals surface area contributed by atoms with Gasteiger partial charge in [-0.3, -0.25) is 4.79 Å². The maximum absolute atomic E-state index is 13.0. The predicted molar refractivity (Wildman–Crippen MR) is 86.6 cm³/mol. The Morgan fingerprint density at radius 1 is 1.20 bits per heavy atom. The van der Waals surface area contributed by atoms with Crippen LogP contribution in [0.15, 0.2) is 42.5 Å². The molecule has 0 amide bonds. The van der Waals surface area contributed by atoms with Crippen molar-refractivity contribution in [2.45, 2.75) is 12.6 Å². The van der Waals surface area contributed by atoms with Crippen molar-refractivity contribution >= 4 is 16.9 Å². The van der Waals surface area contributed by atoms with Gasteiger partial charge in [-0.05, 0) is 41.5 Å². The average Bonchev–Trinajstić information content (AvgIpc) is 2.91. The van der Waals surface area contributed by atoms with E-state index in [-0.39, 0.29) is 12.0 Å². The van der Waals surface area contributed by atoms with Crippen molar-refractivity contribution in [3.05, 3.63) is 53.6 Å². The monoisotopic (exact) mass is 349 g/mol. The number of fused-ring (bicyclic) bond motifs is 1. The third-order valence-electron chi connectivity index (χ3n) is 3.92. The van der Waals surface area contributed by atoms with Gasteiger partial charge in [-0.1, -0.05) is 12.1 Å². The molecule has 0 aliphatic carbocycles. The first-order chi connectivity index (χ1) is 11.8. The molecular formula is C18H14F3NO3. The number of benzene rings is 2. The summed E-state index contributed by atoms with van der Waals surface area (Å²) in [6.07, 6.45) is -4.79. The number of aromatic amines is 1. The lowest BCUT2D eigenvalue weighted by Crippen LogP contribution is -2.05. The first kappa shape index (κ1) is 16.9. The molecule has 1 aromatic heterocycles. The molecule has 2 aromatic carbocycles. The Kier molecular flexibility index (Phi) is 4.16. The topological polar surface area (TPSA) is 62.3 Å². The molecule has 7 heteroatoms. The van der Waals surface area contributed by atoms with E-state index in [9.17, 15) is 23.1 Å². The second-order valence-corrected chi connectivity index (χ2v) is 5.54. The Morgan fingerprint density at radius 3 is 2.60 bits per heavy atom. The molecule has 0 saturated heterocycles. The number of alkyl halides is 3. The van der Waals surface area contributed by atoms with Crippen LogP contribution < -0.4 is 4.74 Å². The van der Waals surface area contributed by atoms with Crippen LogP contribution >= 0.6 is 0 Å². The molecule has 0 aliphatic rings. The maximum Gasteiger partial charge on any atom is 0.416 e. The van der Waals surface area contributed by atoms with Crippen molar-refractivity contribution in [1.29, 1.82) is 0 Å². The Labute approximate surface area is 140 Å². The van der Waals surface area contributed by atoms with E-state index in [1.807, 2.05) is 0 Å². The van der Waals surface area contributed by atoms with Crippen molar-refractivity contribution in [2.24, 2.45) is 0 Å². The second kappa shape index (κ2) is 6.16. The zero-order chi connectivity index (χ0) is 18.2. The zero-order valence-corrected chi connectivity index (χ0v) is 13.1. The molecule has 25 heavy (non-hydrogen) atoms. The Hall–Kier alpha value is -2.96. The summed E-state index contributed by atoms with van der Waals surface area (Å²) in [5.74, 6) is -0.536. The molecule has 3 rings (SSSR count). The molecule has 0 saturated carbocycles. The summed E-state index contributed by atoms with van der Waals surface area (Å²) >= 11 is 0. The lowest BCUT2D eigenvalue weighted by molar-refractivity contribution is -0.138. The summed E-state index contributed by atoms with van der Waals surface area (Å²) in [6, 6.07) is 9.87. The molecule has 2 N–H and O–H groups in total. The van der Waals surface area contributed by atoms with E-state index in [1.165, 1.54) is 19.2 Å². The van der Waals surface area contributed by atoms with Gasteiger partial charge in [0.2, 0.25) is 0 Å². The van der Waals surface area contributed by atoms with Crippen molar-refractivity contribution in [3.63, 3.8) is 0 Å². The maximum atomic E-state index is 13.0. The van der Waals surface area contributed by atoms with Gasteiger partial charge in [-0.15, -0.1) is 0 Å². The van der Waals surface area contributed by atoms with Crippen LogP contribution in [-0.4, -0.2) is 23.2 Å². The minimum Gasteiger partial charge on any atom is -0.497 e. The number of halogens is 3. The fourth-order valence-corrected chi connectivity index (χ4v) is 2.79. The summed E-state index contributed by atoms with van der Waals surface area (Å²) in [4.78, 5) is 14.3. The van der Waals surface area contributed by atoms with Gasteiger partial charge < -0.3 is 14.8 Å². The SMILES string of the molecule is COc1ccc2[nH]c(-c3cccc(C(F)(F)F)c3)c(CC(=O)O)c2c1. The van der Waals surface area contributed by atoms with E-state index < -0.39 is 17.7 Å². The van der Waals surface area contributed by atoms with Crippen molar-refractivity contribution in [2.75, 3.05) is 7.11 Å². The number of hydrogen-bond donors (Lipinski definition) is 2. The minimum atomic E-state index is -4.47. The molecule has 4 nitrogen and oxygen atoms in total. The van der Waals surface area contributed by atoms with Crippen LogP contribution in [0.4, 0.5) is 13.2 Å². The lowest BCUT2D eigenvalue weighted by atomic mass is 10.0. The number of carbonyl (C=O) groups is 1. The fraction of sp³-hybridized carbons (Fsp3) is 0.167. The van der Waals surface area contributed by atoms with Crippen LogP contribution in [0.3, 0.4) is 0 Å². The molecule has 0 atom stereocenters. The molecule has 0 aliphatic heterocycles. The molecule has 0 bridgehead atoms. The van der Waals surface area contributed by atoms with Crippen LogP contribution in [0.2, 0.25) is 0 Å². The van der Waals surface area contributed by atoms with Crippen LogP contribution in [0.1, 0.15) is 11.1 Å². The van der Waals surface area contributed by atoms with E-state index in [0.29, 0.717) is 27.9 Å². The molecule has 3 aromatic rings. The van der Waals surface area contributed by atoms with E-state index in [0.717, 1.165) is 12.1 Å². The van der Waals surface area contributed by atoms with E-state index in [4.69, 9.17) is 4.74 Å². The molecule has 0 fully saturated rings.